The molecule has 0 saturated heterocycles. The second-order valence-electron chi connectivity index (χ2n) is 5.38. The first-order chi connectivity index (χ1) is 10.1. The van der Waals surface area contributed by atoms with Gasteiger partial charge in [-0.15, -0.1) is 11.6 Å². The van der Waals surface area contributed by atoms with Gasteiger partial charge in [0.05, 0.1) is 5.38 Å². The van der Waals surface area contributed by atoms with Gasteiger partial charge in [0.15, 0.2) is 0 Å². The quantitative estimate of drug-likeness (QED) is 0.659. The van der Waals surface area contributed by atoms with Crippen LogP contribution in [0.2, 0.25) is 0 Å². The molecule has 1 atom stereocenters. The molecule has 0 fully saturated rings. The molecular formula is C17H14ClF3. The molecule has 0 nitrogen and oxygen atoms in total. The normalized spacial score (nSPS) is 15.6. The Morgan fingerprint density at radius 1 is 0.857 bits per heavy atom. The van der Waals surface area contributed by atoms with Gasteiger partial charge in [-0.25, -0.2) is 13.2 Å². The van der Waals surface area contributed by atoms with Gasteiger partial charge in [0, 0.05) is 17.7 Å². The third-order valence-corrected chi connectivity index (χ3v) is 4.43. The molecule has 0 saturated carbocycles. The Balaban J connectivity index is 2.01. The van der Waals surface area contributed by atoms with Gasteiger partial charge in [0.2, 0.25) is 0 Å². The molecule has 0 N–H and O–H groups in total. The monoisotopic (exact) mass is 310 g/mol. The Labute approximate surface area is 126 Å². The van der Waals surface area contributed by atoms with Crippen LogP contribution in [0.15, 0.2) is 30.3 Å². The van der Waals surface area contributed by atoms with Crippen LogP contribution in [0.1, 0.15) is 40.5 Å². The summed E-state index contributed by atoms with van der Waals surface area (Å²) in [5, 5.41) is -0.960. The van der Waals surface area contributed by atoms with E-state index in [0.717, 1.165) is 25.7 Å². The fraction of sp³-hybridized carbons (Fsp3) is 0.294. The van der Waals surface area contributed by atoms with Gasteiger partial charge < -0.3 is 0 Å². The van der Waals surface area contributed by atoms with E-state index < -0.39 is 22.8 Å². The van der Waals surface area contributed by atoms with Crippen molar-refractivity contribution in [1.29, 1.82) is 0 Å². The topological polar surface area (TPSA) is 0 Å². The highest BCUT2D eigenvalue weighted by atomic mass is 35.5. The first-order valence-electron chi connectivity index (χ1n) is 6.96. The summed E-state index contributed by atoms with van der Waals surface area (Å²) in [7, 11) is 0. The molecule has 4 heteroatoms. The maximum Gasteiger partial charge on any atom is 0.134 e. The zero-order valence-corrected chi connectivity index (χ0v) is 12.1. The summed E-state index contributed by atoms with van der Waals surface area (Å²) >= 11 is 6.23. The minimum atomic E-state index is -0.960. The number of benzene rings is 2. The Morgan fingerprint density at radius 3 is 2.14 bits per heavy atom. The number of hydrogen-bond acceptors (Lipinski definition) is 0. The van der Waals surface area contributed by atoms with E-state index in [1.165, 1.54) is 11.1 Å². The van der Waals surface area contributed by atoms with Gasteiger partial charge in [-0.3, -0.25) is 0 Å². The van der Waals surface area contributed by atoms with Gasteiger partial charge in [-0.05, 0) is 42.4 Å². The molecule has 2 aromatic carbocycles. The fourth-order valence-corrected chi connectivity index (χ4v) is 3.22. The van der Waals surface area contributed by atoms with Gasteiger partial charge in [0.25, 0.3) is 0 Å². The lowest BCUT2D eigenvalue weighted by atomic mass is 9.89. The van der Waals surface area contributed by atoms with Crippen molar-refractivity contribution in [2.45, 2.75) is 31.1 Å². The molecule has 0 aromatic heterocycles. The average molecular weight is 311 g/mol. The summed E-state index contributed by atoms with van der Waals surface area (Å²) in [6.07, 6.45) is 4.27. The second kappa shape index (κ2) is 5.72. The second-order valence-corrected chi connectivity index (χ2v) is 5.82. The van der Waals surface area contributed by atoms with Gasteiger partial charge >= 0.3 is 0 Å². The van der Waals surface area contributed by atoms with Crippen molar-refractivity contribution < 1.29 is 13.2 Å². The van der Waals surface area contributed by atoms with Crippen LogP contribution in [-0.2, 0) is 12.8 Å². The van der Waals surface area contributed by atoms with Crippen molar-refractivity contribution in [3.05, 3.63) is 70.0 Å². The van der Waals surface area contributed by atoms with Gasteiger partial charge in [-0.1, -0.05) is 18.2 Å². The number of rotatable bonds is 2. The molecular weight excluding hydrogens is 297 g/mol. The largest absolute Gasteiger partial charge is 0.207 e. The number of fused-ring (bicyclic) bond motifs is 1. The summed E-state index contributed by atoms with van der Waals surface area (Å²) in [5.41, 5.74) is 2.80. The summed E-state index contributed by atoms with van der Waals surface area (Å²) in [5.74, 6) is -2.85. The smallest absolute Gasteiger partial charge is 0.134 e. The molecule has 1 aliphatic carbocycles. The van der Waals surface area contributed by atoms with Crippen LogP contribution in [0.3, 0.4) is 0 Å². The highest BCUT2D eigenvalue weighted by Gasteiger charge is 2.22. The SMILES string of the molecule is Fc1cc(F)c(C(Cl)c2ccc3c(c2)CCCC3)c(F)c1. The molecule has 0 heterocycles. The lowest BCUT2D eigenvalue weighted by molar-refractivity contribution is 0.526. The molecule has 0 spiro atoms. The zero-order valence-electron chi connectivity index (χ0n) is 11.3. The number of hydrogen-bond donors (Lipinski definition) is 0. The molecule has 2 aromatic rings. The number of aryl methyl sites for hydroxylation is 2. The van der Waals surface area contributed by atoms with Crippen molar-refractivity contribution in [2.75, 3.05) is 0 Å². The van der Waals surface area contributed by atoms with Crippen LogP contribution < -0.4 is 0 Å². The van der Waals surface area contributed by atoms with E-state index in [1.54, 1.807) is 6.07 Å². The zero-order chi connectivity index (χ0) is 15.0. The van der Waals surface area contributed by atoms with E-state index in [0.29, 0.717) is 17.7 Å². The van der Waals surface area contributed by atoms with E-state index in [4.69, 9.17) is 11.6 Å². The van der Waals surface area contributed by atoms with E-state index in [2.05, 4.69) is 0 Å². The molecule has 0 radical (unpaired) electrons. The minimum absolute atomic E-state index is 0.297. The lowest BCUT2D eigenvalue weighted by Crippen LogP contribution is -2.06. The Kier molecular flexibility index (Phi) is 3.94. The Bertz CT molecular complexity index is 659. The summed E-state index contributed by atoms with van der Waals surface area (Å²) < 4.78 is 40.6. The van der Waals surface area contributed by atoms with E-state index in [9.17, 15) is 13.2 Å². The minimum Gasteiger partial charge on any atom is -0.207 e. The standard InChI is InChI=1S/C17H14ClF3/c18-17(16-14(20)8-13(19)9-15(16)21)12-6-5-10-3-1-2-4-11(10)7-12/h5-9,17H,1-4H2. The predicted octanol–water partition coefficient (Wildman–Crippen LogP) is 5.31. The molecule has 21 heavy (non-hydrogen) atoms. The number of alkyl halides is 1. The third kappa shape index (κ3) is 2.80. The number of halogens is 4. The third-order valence-electron chi connectivity index (χ3n) is 3.96. The average Bonchev–Trinajstić information content (AvgIpc) is 2.45. The Hall–Kier alpha value is -1.48. The van der Waals surface area contributed by atoms with Gasteiger partial charge in [-0.2, -0.15) is 0 Å². The predicted molar refractivity (Wildman–Crippen MR) is 77.1 cm³/mol. The fourth-order valence-electron chi connectivity index (χ4n) is 2.87. The molecule has 0 bridgehead atoms. The van der Waals surface area contributed by atoms with Crippen LogP contribution >= 0.6 is 11.6 Å². The van der Waals surface area contributed by atoms with Gasteiger partial charge in [0.1, 0.15) is 17.5 Å². The van der Waals surface area contributed by atoms with E-state index in [1.807, 2.05) is 12.1 Å². The van der Waals surface area contributed by atoms with Crippen LogP contribution in [0.25, 0.3) is 0 Å². The first kappa shape index (κ1) is 14.5. The van der Waals surface area contributed by atoms with E-state index in [-0.39, 0.29) is 5.56 Å². The summed E-state index contributed by atoms with van der Waals surface area (Å²) in [4.78, 5) is 0. The van der Waals surface area contributed by atoms with Crippen LogP contribution in [0, 0.1) is 17.5 Å². The van der Waals surface area contributed by atoms with Crippen molar-refractivity contribution in [2.24, 2.45) is 0 Å². The lowest BCUT2D eigenvalue weighted by Gasteiger charge is -2.19. The Morgan fingerprint density at radius 2 is 1.48 bits per heavy atom. The van der Waals surface area contributed by atoms with Crippen molar-refractivity contribution in [1.82, 2.24) is 0 Å². The first-order valence-corrected chi connectivity index (χ1v) is 7.40. The molecule has 3 rings (SSSR count). The molecule has 0 amide bonds. The highest BCUT2D eigenvalue weighted by molar-refractivity contribution is 6.22. The van der Waals surface area contributed by atoms with Crippen LogP contribution in [-0.4, -0.2) is 0 Å². The molecule has 110 valence electrons. The van der Waals surface area contributed by atoms with Crippen LogP contribution in [0.5, 0.6) is 0 Å². The summed E-state index contributed by atoms with van der Waals surface area (Å²) in [6.45, 7) is 0. The maximum atomic E-state index is 13.8. The van der Waals surface area contributed by atoms with Crippen LogP contribution in [0.4, 0.5) is 13.2 Å². The molecule has 0 aliphatic heterocycles. The van der Waals surface area contributed by atoms with E-state index >= 15 is 0 Å². The highest BCUT2D eigenvalue weighted by Crippen LogP contribution is 2.35. The van der Waals surface area contributed by atoms with Crippen molar-refractivity contribution in [3.8, 4) is 0 Å². The van der Waals surface area contributed by atoms with Crippen molar-refractivity contribution in [3.63, 3.8) is 0 Å². The molecule has 1 aliphatic rings. The molecule has 1 unspecified atom stereocenters. The summed E-state index contributed by atoms with van der Waals surface area (Å²) in [6, 6.07) is 7.00. The maximum absolute atomic E-state index is 13.8. The van der Waals surface area contributed by atoms with Crippen molar-refractivity contribution >= 4 is 11.6 Å².